The first-order chi connectivity index (χ1) is 16.6. The zero-order valence-electron chi connectivity index (χ0n) is 18.7. The number of carbonyl (C=O) groups excluding carboxylic acids is 2. The first kappa shape index (κ1) is 23.0. The molecule has 4 N–H and O–H groups in total. The molecule has 3 heterocycles. The molecule has 1 aliphatic carbocycles. The van der Waals surface area contributed by atoms with E-state index in [0.29, 0.717) is 41.4 Å². The van der Waals surface area contributed by atoms with Gasteiger partial charge < -0.3 is 21.3 Å². The molecule has 0 radical (unpaired) electrons. The molecule has 5 rings (SSSR count). The standard InChI is InChI=1S/C24H27ClN6O2S/c25-18-13-29-24(28-9-2-8-27-22(32)14-7-10-26-12-14)31-21(18)20-11-17-16(3-1-4-19(17)34-20)23(33)30-15-5-6-15/h1,3-4,11,13-15,26H,2,5-10,12H2,(H,27,32)(H,30,33)(H,28,29,31)/t14-/m0/s1. The molecule has 1 saturated carbocycles. The molecule has 1 aromatic carbocycles. The van der Waals surface area contributed by atoms with E-state index in [4.69, 9.17) is 11.6 Å². The predicted octanol–water partition coefficient (Wildman–Crippen LogP) is 3.43. The third-order valence-corrected chi connectivity index (χ3v) is 7.45. The quantitative estimate of drug-likeness (QED) is 0.337. The molecule has 0 spiro atoms. The number of anilines is 1. The van der Waals surface area contributed by atoms with Crippen LogP contribution in [0.2, 0.25) is 5.02 Å². The summed E-state index contributed by atoms with van der Waals surface area (Å²) in [4.78, 5) is 34.5. The van der Waals surface area contributed by atoms with E-state index >= 15 is 0 Å². The van der Waals surface area contributed by atoms with E-state index in [-0.39, 0.29) is 17.7 Å². The molecule has 1 atom stereocenters. The minimum absolute atomic E-state index is 0.0372. The highest BCUT2D eigenvalue weighted by Crippen LogP contribution is 2.37. The first-order valence-corrected chi connectivity index (χ1v) is 12.9. The molecular formula is C24H27ClN6O2S. The Balaban J connectivity index is 1.23. The van der Waals surface area contributed by atoms with Gasteiger partial charge in [-0.15, -0.1) is 11.3 Å². The van der Waals surface area contributed by atoms with Crippen LogP contribution in [0.15, 0.2) is 30.5 Å². The summed E-state index contributed by atoms with van der Waals surface area (Å²) in [6.07, 6.45) is 5.35. The van der Waals surface area contributed by atoms with Gasteiger partial charge in [0, 0.05) is 41.3 Å². The van der Waals surface area contributed by atoms with E-state index in [1.807, 2.05) is 24.3 Å². The lowest BCUT2D eigenvalue weighted by Gasteiger charge is -2.10. The fourth-order valence-corrected chi connectivity index (χ4v) is 5.35. The SMILES string of the molecule is O=C(NC1CC1)c1cccc2sc(-c3nc(NCCCNC(=O)[C@H]4CCNC4)ncc3Cl)cc12. The minimum atomic E-state index is -0.0372. The maximum atomic E-state index is 12.7. The van der Waals surface area contributed by atoms with Crippen LogP contribution in [-0.2, 0) is 4.79 Å². The third-order valence-electron chi connectivity index (χ3n) is 6.06. The Bertz CT molecular complexity index is 1210. The second-order valence-electron chi connectivity index (χ2n) is 8.73. The number of thiophene rings is 1. The molecule has 1 saturated heterocycles. The number of halogens is 1. The Morgan fingerprint density at radius 2 is 2.09 bits per heavy atom. The lowest BCUT2D eigenvalue weighted by Crippen LogP contribution is -2.33. The minimum Gasteiger partial charge on any atom is -0.356 e. The average Bonchev–Trinajstić information content (AvgIpc) is 3.31. The zero-order chi connectivity index (χ0) is 23.5. The van der Waals surface area contributed by atoms with Crippen LogP contribution < -0.4 is 21.3 Å². The van der Waals surface area contributed by atoms with Gasteiger partial charge in [0.05, 0.1) is 22.0 Å². The topological polar surface area (TPSA) is 108 Å². The van der Waals surface area contributed by atoms with Crippen molar-refractivity contribution >= 4 is 50.8 Å². The molecule has 2 amide bonds. The van der Waals surface area contributed by atoms with Crippen LogP contribution in [0.25, 0.3) is 20.7 Å². The van der Waals surface area contributed by atoms with Gasteiger partial charge in [-0.3, -0.25) is 9.59 Å². The summed E-state index contributed by atoms with van der Waals surface area (Å²) in [7, 11) is 0. The summed E-state index contributed by atoms with van der Waals surface area (Å²) in [5, 5.41) is 13.8. The van der Waals surface area contributed by atoms with Gasteiger partial charge in [-0.25, -0.2) is 9.97 Å². The van der Waals surface area contributed by atoms with Gasteiger partial charge >= 0.3 is 0 Å². The molecule has 0 unspecified atom stereocenters. The van der Waals surface area contributed by atoms with Gasteiger partial charge in [0.2, 0.25) is 11.9 Å². The van der Waals surface area contributed by atoms with Crippen molar-refractivity contribution < 1.29 is 9.59 Å². The van der Waals surface area contributed by atoms with Crippen LogP contribution in [0.4, 0.5) is 5.95 Å². The first-order valence-electron chi connectivity index (χ1n) is 11.7. The lowest BCUT2D eigenvalue weighted by atomic mass is 10.1. The molecule has 178 valence electrons. The Labute approximate surface area is 206 Å². The van der Waals surface area contributed by atoms with Crippen LogP contribution in [0.1, 0.15) is 36.0 Å². The van der Waals surface area contributed by atoms with Gasteiger partial charge in [0.1, 0.15) is 5.69 Å². The number of nitrogens with zero attached hydrogens (tertiary/aromatic N) is 2. The molecular weight excluding hydrogens is 472 g/mol. The van der Waals surface area contributed by atoms with Crippen LogP contribution >= 0.6 is 22.9 Å². The average molecular weight is 499 g/mol. The Kier molecular flexibility index (Phi) is 6.94. The summed E-state index contributed by atoms with van der Waals surface area (Å²) in [5.41, 5.74) is 1.31. The van der Waals surface area contributed by atoms with Crippen molar-refractivity contribution in [1.82, 2.24) is 25.9 Å². The van der Waals surface area contributed by atoms with E-state index in [2.05, 4.69) is 31.2 Å². The highest BCUT2D eigenvalue weighted by Gasteiger charge is 2.25. The van der Waals surface area contributed by atoms with Crippen molar-refractivity contribution in [2.75, 3.05) is 31.5 Å². The van der Waals surface area contributed by atoms with Gasteiger partial charge in [0.15, 0.2) is 0 Å². The van der Waals surface area contributed by atoms with E-state index in [9.17, 15) is 9.59 Å². The zero-order valence-corrected chi connectivity index (χ0v) is 20.3. The molecule has 2 aliphatic rings. The summed E-state index contributed by atoms with van der Waals surface area (Å²) in [5.74, 6) is 0.640. The number of aromatic nitrogens is 2. The lowest BCUT2D eigenvalue weighted by molar-refractivity contribution is -0.124. The second-order valence-corrected chi connectivity index (χ2v) is 10.2. The molecule has 2 aromatic heterocycles. The number of fused-ring (bicyclic) bond motifs is 1. The van der Waals surface area contributed by atoms with E-state index in [1.165, 1.54) is 0 Å². The summed E-state index contributed by atoms with van der Waals surface area (Å²) < 4.78 is 1.01. The van der Waals surface area contributed by atoms with Crippen LogP contribution in [0.5, 0.6) is 0 Å². The summed E-state index contributed by atoms with van der Waals surface area (Å²) >= 11 is 7.99. The van der Waals surface area contributed by atoms with Gasteiger partial charge in [-0.2, -0.15) is 0 Å². The molecule has 8 nitrogen and oxygen atoms in total. The molecule has 2 fully saturated rings. The van der Waals surface area contributed by atoms with Crippen molar-refractivity contribution in [3.8, 4) is 10.6 Å². The summed E-state index contributed by atoms with van der Waals surface area (Å²) in [6, 6.07) is 8.04. The molecule has 3 aromatic rings. The largest absolute Gasteiger partial charge is 0.356 e. The Hall–Kier alpha value is -2.75. The van der Waals surface area contributed by atoms with Crippen LogP contribution in [0.3, 0.4) is 0 Å². The molecule has 10 heteroatoms. The number of benzene rings is 1. The monoisotopic (exact) mass is 498 g/mol. The normalized spacial score (nSPS) is 17.6. The van der Waals surface area contributed by atoms with Crippen molar-refractivity contribution in [3.63, 3.8) is 0 Å². The number of rotatable bonds is 9. The van der Waals surface area contributed by atoms with Crippen molar-refractivity contribution in [3.05, 3.63) is 41.0 Å². The van der Waals surface area contributed by atoms with E-state index in [0.717, 1.165) is 53.7 Å². The third kappa shape index (κ3) is 5.32. The number of hydrogen-bond donors (Lipinski definition) is 4. The van der Waals surface area contributed by atoms with E-state index < -0.39 is 0 Å². The van der Waals surface area contributed by atoms with Crippen LogP contribution in [0, 0.1) is 5.92 Å². The maximum absolute atomic E-state index is 12.7. The Morgan fingerprint density at radius 3 is 2.88 bits per heavy atom. The van der Waals surface area contributed by atoms with Gasteiger partial charge in [-0.05, 0) is 50.4 Å². The molecule has 1 aliphatic heterocycles. The highest BCUT2D eigenvalue weighted by atomic mass is 35.5. The number of hydrogen-bond acceptors (Lipinski definition) is 7. The Morgan fingerprint density at radius 1 is 1.21 bits per heavy atom. The molecule has 0 bridgehead atoms. The van der Waals surface area contributed by atoms with Crippen molar-refractivity contribution in [2.45, 2.75) is 31.7 Å². The van der Waals surface area contributed by atoms with Gasteiger partial charge in [-0.1, -0.05) is 17.7 Å². The second kappa shape index (κ2) is 10.2. The fourth-order valence-electron chi connectivity index (χ4n) is 4.01. The smallest absolute Gasteiger partial charge is 0.252 e. The summed E-state index contributed by atoms with van der Waals surface area (Å²) in [6.45, 7) is 2.90. The maximum Gasteiger partial charge on any atom is 0.252 e. The predicted molar refractivity (Wildman–Crippen MR) is 135 cm³/mol. The highest BCUT2D eigenvalue weighted by molar-refractivity contribution is 7.22. The number of amides is 2. The van der Waals surface area contributed by atoms with Gasteiger partial charge in [0.25, 0.3) is 5.91 Å². The van der Waals surface area contributed by atoms with Crippen LogP contribution in [-0.4, -0.2) is 54.0 Å². The molecule has 34 heavy (non-hydrogen) atoms. The number of carbonyl (C=O) groups is 2. The van der Waals surface area contributed by atoms with Crippen molar-refractivity contribution in [1.29, 1.82) is 0 Å². The van der Waals surface area contributed by atoms with Crippen molar-refractivity contribution in [2.24, 2.45) is 5.92 Å². The van der Waals surface area contributed by atoms with E-state index in [1.54, 1.807) is 17.5 Å². The fraction of sp³-hybridized carbons (Fsp3) is 0.417. The number of nitrogens with one attached hydrogen (secondary N) is 4.